The van der Waals surface area contributed by atoms with Crippen molar-refractivity contribution in [3.63, 3.8) is 0 Å². The molecule has 204 valence electrons. The van der Waals surface area contributed by atoms with Crippen molar-refractivity contribution in [2.24, 2.45) is 0 Å². The highest BCUT2D eigenvalue weighted by Gasteiger charge is 2.42. The largest absolute Gasteiger partial charge is 0.487 e. The number of nitrogens with one attached hydrogen (secondary N) is 1. The van der Waals surface area contributed by atoms with Crippen molar-refractivity contribution in [2.75, 3.05) is 37.3 Å². The number of hydrogen-bond donors (Lipinski definition) is 3. The van der Waals surface area contributed by atoms with E-state index in [2.05, 4.69) is 49.4 Å². The van der Waals surface area contributed by atoms with Gasteiger partial charge >= 0.3 is 5.97 Å². The Morgan fingerprint density at radius 2 is 2.03 bits per heavy atom. The molecule has 4 N–H and O–H groups in total. The van der Waals surface area contributed by atoms with E-state index in [0.717, 1.165) is 57.3 Å². The van der Waals surface area contributed by atoms with Crippen LogP contribution in [0.2, 0.25) is 0 Å². The van der Waals surface area contributed by atoms with E-state index in [1.165, 1.54) is 17.5 Å². The first-order valence-corrected chi connectivity index (χ1v) is 13.6. The highest BCUT2D eigenvalue weighted by Crippen LogP contribution is 2.49. The van der Waals surface area contributed by atoms with Gasteiger partial charge in [-0.2, -0.15) is 0 Å². The lowest BCUT2D eigenvalue weighted by molar-refractivity contribution is 0.0692. The zero-order valence-electron chi connectivity index (χ0n) is 22.9. The van der Waals surface area contributed by atoms with E-state index in [9.17, 15) is 14.7 Å². The van der Waals surface area contributed by atoms with Crippen LogP contribution in [0.25, 0.3) is 10.9 Å². The fraction of sp³-hybridized carbons (Fsp3) is 0.467. The van der Waals surface area contributed by atoms with Crippen LogP contribution < -0.4 is 21.2 Å². The van der Waals surface area contributed by atoms with Gasteiger partial charge in [0.1, 0.15) is 12.2 Å². The van der Waals surface area contributed by atoms with Crippen molar-refractivity contribution in [1.82, 2.24) is 9.47 Å². The van der Waals surface area contributed by atoms with Crippen molar-refractivity contribution in [1.29, 1.82) is 0 Å². The summed E-state index contributed by atoms with van der Waals surface area (Å²) in [5, 5.41) is 13.6. The highest BCUT2D eigenvalue weighted by molar-refractivity contribution is 6.04. The Bertz CT molecular complexity index is 1370. The van der Waals surface area contributed by atoms with Crippen LogP contribution >= 0.6 is 0 Å². The number of fused-ring (bicyclic) bond motifs is 1. The molecule has 3 aliphatic rings. The lowest BCUT2D eigenvalue weighted by atomic mass is 9.92. The van der Waals surface area contributed by atoms with Crippen LogP contribution in [0.3, 0.4) is 0 Å². The Labute approximate surface area is 224 Å². The fourth-order valence-electron chi connectivity index (χ4n) is 6.27. The molecule has 8 nitrogen and oxygen atoms in total. The maximum Gasteiger partial charge on any atom is 0.341 e. The van der Waals surface area contributed by atoms with E-state index >= 15 is 0 Å². The number of carboxylic acids is 1. The number of carboxylic acid groups (broad SMARTS) is 1. The Morgan fingerprint density at radius 1 is 1.32 bits per heavy atom. The van der Waals surface area contributed by atoms with Gasteiger partial charge in [-0.15, -0.1) is 13.2 Å². The molecule has 1 aromatic heterocycles. The second-order valence-corrected chi connectivity index (χ2v) is 10.2. The molecule has 3 heterocycles. The fourth-order valence-corrected chi connectivity index (χ4v) is 6.27. The Morgan fingerprint density at radius 3 is 2.66 bits per heavy atom. The number of rotatable bonds is 6. The molecular formula is C30H40N4O4. The first kappa shape index (κ1) is 27.4. The zero-order valence-corrected chi connectivity index (χ0v) is 22.9. The molecule has 2 aliphatic heterocycles. The minimum Gasteiger partial charge on any atom is -0.487 e. The number of anilines is 2. The van der Waals surface area contributed by atoms with Crippen LogP contribution in [0.1, 0.15) is 68.3 Å². The number of allylic oxidation sites excluding steroid dienone is 3. The first-order valence-electron chi connectivity index (χ1n) is 13.6. The van der Waals surface area contributed by atoms with Gasteiger partial charge in [0.2, 0.25) is 5.43 Å². The minimum absolute atomic E-state index is 0.238. The number of hydrogen-bond acceptors (Lipinski definition) is 6. The summed E-state index contributed by atoms with van der Waals surface area (Å²) >= 11 is 0. The SMILES string of the molecule is C/C=C1/CCN(CCNc2c(C)c(N)c3c(=O)c(C(=O)O)cn4c3c2OCC42CCCC2)/C1=C/CC.C=C. The lowest BCUT2D eigenvalue weighted by Crippen LogP contribution is -2.42. The number of aromatic carboxylic acids is 1. The second kappa shape index (κ2) is 11.0. The molecule has 2 aromatic rings. The molecule has 1 saturated carbocycles. The Balaban J connectivity index is 0.00000164. The van der Waals surface area contributed by atoms with E-state index in [1.807, 2.05) is 11.5 Å². The molecule has 0 unspecified atom stereocenters. The van der Waals surface area contributed by atoms with Gasteiger partial charge in [0.05, 0.1) is 27.8 Å². The third kappa shape index (κ3) is 4.36. The molecule has 5 rings (SSSR count). The van der Waals surface area contributed by atoms with E-state index in [1.54, 1.807) is 0 Å². The molecule has 1 aliphatic carbocycles. The van der Waals surface area contributed by atoms with Gasteiger partial charge in [-0.05, 0) is 50.7 Å². The van der Waals surface area contributed by atoms with Gasteiger partial charge in [0, 0.05) is 31.5 Å². The summed E-state index contributed by atoms with van der Waals surface area (Å²) in [4.78, 5) is 27.7. The average molecular weight is 521 g/mol. The summed E-state index contributed by atoms with van der Waals surface area (Å²) in [6.07, 6.45) is 11.9. The summed E-state index contributed by atoms with van der Waals surface area (Å²) < 4.78 is 8.41. The predicted molar refractivity (Wildman–Crippen MR) is 154 cm³/mol. The van der Waals surface area contributed by atoms with Crippen molar-refractivity contribution in [3.8, 4) is 5.75 Å². The number of nitrogens with zero attached hydrogens (tertiary/aromatic N) is 2. The van der Waals surface area contributed by atoms with E-state index < -0.39 is 11.4 Å². The molecule has 0 bridgehead atoms. The number of aromatic nitrogens is 1. The molecule has 1 aromatic carbocycles. The van der Waals surface area contributed by atoms with Gasteiger partial charge < -0.3 is 30.4 Å². The summed E-state index contributed by atoms with van der Waals surface area (Å²) in [6.45, 7) is 15.1. The smallest absolute Gasteiger partial charge is 0.341 e. The molecule has 8 heteroatoms. The van der Waals surface area contributed by atoms with Gasteiger partial charge in [-0.25, -0.2) is 4.79 Å². The number of benzene rings is 1. The normalized spacial score (nSPS) is 19.6. The van der Waals surface area contributed by atoms with Crippen molar-refractivity contribution < 1.29 is 14.6 Å². The van der Waals surface area contributed by atoms with Gasteiger partial charge in [-0.1, -0.05) is 31.9 Å². The van der Waals surface area contributed by atoms with Crippen LogP contribution in [-0.2, 0) is 5.54 Å². The van der Waals surface area contributed by atoms with Crippen LogP contribution in [0.5, 0.6) is 5.75 Å². The summed E-state index contributed by atoms with van der Waals surface area (Å²) in [5.74, 6) is -0.628. The van der Waals surface area contributed by atoms with Gasteiger partial charge in [-0.3, -0.25) is 4.79 Å². The molecule has 0 amide bonds. The quantitative estimate of drug-likeness (QED) is 0.345. The van der Waals surface area contributed by atoms with Gasteiger partial charge in [0.25, 0.3) is 0 Å². The van der Waals surface area contributed by atoms with Crippen molar-refractivity contribution in [2.45, 2.75) is 64.8 Å². The van der Waals surface area contributed by atoms with Crippen molar-refractivity contribution in [3.05, 3.63) is 64.1 Å². The monoisotopic (exact) mass is 520 g/mol. The third-order valence-electron chi connectivity index (χ3n) is 8.21. The minimum atomic E-state index is -1.23. The van der Waals surface area contributed by atoms with Crippen LogP contribution in [-0.4, -0.2) is 46.8 Å². The summed E-state index contributed by atoms with van der Waals surface area (Å²) in [6, 6.07) is 0. The summed E-state index contributed by atoms with van der Waals surface area (Å²) in [5.41, 5.74) is 10.6. The maximum atomic E-state index is 13.3. The van der Waals surface area contributed by atoms with Crippen LogP contribution in [0.15, 0.2) is 47.6 Å². The molecule has 0 atom stereocenters. The highest BCUT2D eigenvalue weighted by atomic mass is 16.5. The van der Waals surface area contributed by atoms with E-state index in [-0.39, 0.29) is 16.5 Å². The lowest BCUT2D eigenvalue weighted by Gasteiger charge is -2.39. The van der Waals surface area contributed by atoms with Crippen LogP contribution in [0, 0.1) is 6.92 Å². The summed E-state index contributed by atoms with van der Waals surface area (Å²) in [7, 11) is 0. The first-order chi connectivity index (χ1) is 18.3. The third-order valence-corrected chi connectivity index (χ3v) is 8.21. The molecule has 1 saturated heterocycles. The van der Waals surface area contributed by atoms with Crippen LogP contribution in [0.4, 0.5) is 11.4 Å². The average Bonchev–Trinajstić information content (AvgIpc) is 3.54. The topological polar surface area (TPSA) is 110 Å². The number of carbonyl (C=O) groups is 1. The second-order valence-electron chi connectivity index (χ2n) is 10.2. The maximum absolute atomic E-state index is 13.3. The number of pyridine rings is 1. The molecule has 1 spiro atoms. The van der Waals surface area contributed by atoms with E-state index in [0.29, 0.717) is 35.7 Å². The number of nitrogen functional groups attached to an aromatic ring is 1. The van der Waals surface area contributed by atoms with Crippen molar-refractivity contribution >= 4 is 28.2 Å². The Hall–Kier alpha value is -3.68. The van der Waals surface area contributed by atoms with E-state index in [4.69, 9.17) is 10.5 Å². The molecule has 2 fully saturated rings. The number of likely N-dealkylation sites (tertiary alicyclic amines) is 1. The number of ether oxygens (including phenoxy) is 1. The number of nitrogens with two attached hydrogens (primary N) is 1. The zero-order chi connectivity index (χ0) is 27.6. The standard InChI is InChI=1S/C28H36N4O4.C2H4/c1-4-8-20-18(5-2)9-13-31(20)14-12-30-23-17(3)22(29)21-24-26(23)36-16-28(10-6-7-11-28)32(24)15-19(25(21)33)27(34)35;1-2/h5,8,15,30H,4,6-7,9-14,16,29H2,1-3H3,(H,34,35);1-2H2/b18-5-,20-8+;. The molecule has 38 heavy (non-hydrogen) atoms. The van der Waals surface area contributed by atoms with Gasteiger partial charge in [0.15, 0.2) is 5.75 Å². The molecule has 0 radical (unpaired) electrons. The predicted octanol–water partition coefficient (Wildman–Crippen LogP) is 5.41. The Kier molecular flexibility index (Phi) is 7.90. The molecular weight excluding hydrogens is 480 g/mol.